The Bertz CT molecular complexity index is 479. The van der Waals surface area contributed by atoms with Gasteiger partial charge in [0.25, 0.3) is 0 Å². The minimum absolute atomic E-state index is 0.0560. The van der Waals surface area contributed by atoms with E-state index in [0.717, 1.165) is 0 Å². The highest BCUT2D eigenvalue weighted by Gasteiger charge is 2.46. The lowest BCUT2D eigenvalue weighted by molar-refractivity contribution is -0.122. The van der Waals surface area contributed by atoms with Crippen LogP contribution in [0.25, 0.3) is 0 Å². The summed E-state index contributed by atoms with van der Waals surface area (Å²) in [4.78, 5) is 11.9. The lowest BCUT2D eigenvalue weighted by Gasteiger charge is -2.25. The van der Waals surface area contributed by atoms with E-state index in [4.69, 9.17) is 0 Å². The minimum Gasteiger partial charge on any atom is -0.356 e. The van der Waals surface area contributed by atoms with Crippen molar-refractivity contribution >= 4 is 5.91 Å². The summed E-state index contributed by atoms with van der Waals surface area (Å²) in [6, 6.07) is 3.85. The van der Waals surface area contributed by atoms with Gasteiger partial charge in [0, 0.05) is 23.9 Å². The molecule has 1 aromatic carbocycles. The summed E-state index contributed by atoms with van der Waals surface area (Å²) in [5.41, 5.74) is 0.0753. The number of carbonyl (C=O) groups excluding carboxylic acids is 1. The third-order valence-electron chi connectivity index (χ3n) is 4.29. The molecule has 1 N–H and O–H groups in total. The molecule has 4 heteroatoms. The molecule has 102 valence electrons. The Balaban J connectivity index is 1.59. The highest BCUT2D eigenvalue weighted by molar-refractivity contribution is 5.82. The van der Waals surface area contributed by atoms with Crippen LogP contribution >= 0.6 is 0 Å². The fourth-order valence-corrected chi connectivity index (χ4v) is 2.74. The van der Waals surface area contributed by atoms with Gasteiger partial charge in [-0.15, -0.1) is 0 Å². The second-order valence-corrected chi connectivity index (χ2v) is 5.63. The quantitative estimate of drug-likeness (QED) is 0.891. The topological polar surface area (TPSA) is 29.1 Å². The van der Waals surface area contributed by atoms with Crippen molar-refractivity contribution in [1.29, 1.82) is 0 Å². The van der Waals surface area contributed by atoms with Crippen LogP contribution in [-0.2, 0) is 4.79 Å². The Hall–Kier alpha value is -1.45. The number of halogens is 2. The van der Waals surface area contributed by atoms with Crippen LogP contribution in [0.1, 0.15) is 37.2 Å². The molecule has 0 saturated heterocycles. The molecule has 2 nitrogen and oxygen atoms in total. The van der Waals surface area contributed by atoms with Gasteiger partial charge in [0.15, 0.2) is 0 Å². The lowest BCUT2D eigenvalue weighted by Crippen LogP contribution is -2.33. The summed E-state index contributed by atoms with van der Waals surface area (Å²) < 4.78 is 27.2. The molecule has 0 aromatic heterocycles. The van der Waals surface area contributed by atoms with Crippen LogP contribution in [0.15, 0.2) is 18.2 Å². The van der Waals surface area contributed by atoms with Crippen LogP contribution in [0.4, 0.5) is 8.78 Å². The van der Waals surface area contributed by atoms with Crippen molar-refractivity contribution in [2.24, 2.45) is 11.8 Å². The van der Waals surface area contributed by atoms with Crippen LogP contribution in [0.5, 0.6) is 0 Å². The van der Waals surface area contributed by atoms with E-state index >= 15 is 0 Å². The predicted octanol–water partition coefficient (Wildman–Crippen LogP) is 2.98. The van der Waals surface area contributed by atoms with E-state index in [0.29, 0.717) is 18.9 Å². The predicted molar refractivity (Wildman–Crippen MR) is 67.6 cm³/mol. The average Bonchev–Trinajstić information content (AvgIpc) is 3.06. The van der Waals surface area contributed by atoms with Gasteiger partial charge in [0.1, 0.15) is 11.6 Å². The maximum atomic E-state index is 13.6. The zero-order chi connectivity index (χ0) is 13.4. The van der Waals surface area contributed by atoms with Gasteiger partial charge >= 0.3 is 0 Å². The third kappa shape index (κ3) is 2.48. The van der Waals surface area contributed by atoms with Gasteiger partial charge in [0.2, 0.25) is 5.91 Å². The summed E-state index contributed by atoms with van der Waals surface area (Å²) in [5.74, 6) is -1.08. The highest BCUT2D eigenvalue weighted by atomic mass is 19.1. The molecule has 0 heterocycles. The SMILES string of the molecule is O=C(NCC1CCC1)[C@H]1C[C@H]1c1c(F)cccc1F. The molecule has 3 rings (SSSR count). The van der Waals surface area contributed by atoms with E-state index in [1.165, 1.54) is 37.5 Å². The normalized spacial score (nSPS) is 25.8. The Morgan fingerprint density at radius 1 is 1.26 bits per heavy atom. The van der Waals surface area contributed by atoms with Crippen LogP contribution in [0, 0.1) is 23.5 Å². The van der Waals surface area contributed by atoms with Crippen molar-refractivity contribution in [2.45, 2.75) is 31.6 Å². The molecule has 0 spiro atoms. The molecular weight excluding hydrogens is 248 g/mol. The number of nitrogens with one attached hydrogen (secondary N) is 1. The van der Waals surface area contributed by atoms with Crippen LogP contribution in [0.2, 0.25) is 0 Å². The second kappa shape index (κ2) is 4.91. The van der Waals surface area contributed by atoms with Gasteiger partial charge in [0.05, 0.1) is 0 Å². The Labute approximate surface area is 111 Å². The average molecular weight is 265 g/mol. The summed E-state index contributed by atoms with van der Waals surface area (Å²) in [7, 11) is 0. The largest absolute Gasteiger partial charge is 0.356 e. The molecule has 19 heavy (non-hydrogen) atoms. The number of carbonyl (C=O) groups is 1. The Morgan fingerprint density at radius 3 is 2.53 bits per heavy atom. The van der Waals surface area contributed by atoms with Crippen LogP contribution < -0.4 is 5.32 Å². The molecular formula is C15H17F2NO. The third-order valence-corrected chi connectivity index (χ3v) is 4.29. The first kappa shape index (κ1) is 12.6. The number of rotatable bonds is 4. The van der Waals surface area contributed by atoms with Crippen LogP contribution in [0.3, 0.4) is 0 Å². The molecule has 0 bridgehead atoms. The van der Waals surface area contributed by atoms with E-state index in [1.54, 1.807) is 0 Å². The van der Waals surface area contributed by atoms with Crippen molar-refractivity contribution in [3.8, 4) is 0 Å². The Morgan fingerprint density at radius 2 is 1.95 bits per heavy atom. The summed E-state index contributed by atoms with van der Waals surface area (Å²) in [6.45, 7) is 0.710. The van der Waals surface area contributed by atoms with E-state index in [1.807, 2.05) is 0 Å². The summed E-state index contributed by atoms with van der Waals surface area (Å²) in [6.07, 6.45) is 4.15. The van der Waals surface area contributed by atoms with E-state index in [2.05, 4.69) is 5.32 Å². The van der Waals surface area contributed by atoms with Gasteiger partial charge in [-0.25, -0.2) is 8.78 Å². The van der Waals surface area contributed by atoms with Gasteiger partial charge in [-0.2, -0.15) is 0 Å². The van der Waals surface area contributed by atoms with Crippen molar-refractivity contribution in [3.63, 3.8) is 0 Å². The number of hydrogen-bond donors (Lipinski definition) is 1. The van der Waals surface area contributed by atoms with E-state index in [9.17, 15) is 13.6 Å². The first-order chi connectivity index (χ1) is 9.16. The zero-order valence-electron chi connectivity index (χ0n) is 10.7. The van der Waals surface area contributed by atoms with Gasteiger partial charge < -0.3 is 5.32 Å². The standard InChI is InChI=1S/C15H17F2NO/c16-12-5-2-6-13(17)14(12)10-7-11(10)15(19)18-8-9-3-1-4-9/h2,5-6,9-11H,1,3-4,7-8H2,(H,18,19)/t10-,11+/m1/s1. The number of hydrogen-bond acceptors (Lipinski definition) is 1. The summed E-state index contributed by atoms with van der Waals surface area (Å²) >= 11 is 0. The van der Waals surface area contributed by atoms with Crippen molar-refractivity contribution in [1.82, 2.24) is 5.32 Å². The number of amides is 1. The zero-order valence-corrected chi connectivity index (χ0v) is 10.7. The molecule has 1 amide bonds. The number of benzene rings is 1. The summed E-state index contributed by atoms with van der Waals surface area (Å²) in [5, 5.41) is 2.90. The minimum atomic E-state index is -0.542. The maximum absolute atomic E-state index is 13.6. The fraction of sp³-hybridized carbons (Fsp3) is 0.533. The van der Waals surface area contributed by atoms with Gasteiger partial charge in [-0.1, -0.05) is 12.5 Å². The fourth-order valence-electron chi connectivity index (χ4n) is 2.74. The molecule has 2 atom stereocenters. The highest BCUT2D eigenvalue weighted by Crippen LogP contribution is 2.49. The molecule has 0 unspecified atom stereocenters. The van der Waals surface area contributed by atoms with Crippen LogP contribution in [-0.4, -0.2) is 12.5 Å². The van der Waals surface area contributed by atoms with Crippen molar-refractivity contribution < 1.29 is 13.6 Å². The first-order valence-corrected chi connectivity index (χ1v) is 6.88. The van der Waals surface area contributed by atoms with E-state index in [-0.39, 0.29) is 23.3 Å². The second-order valence-electron chi connectivity index (χ2n) is 5.63. The maximum Gasteiger partial charge on any atom is 0.223 e. The molecule has 0 aliphatic heterocycles. The molecule has 2 aliphatic rings. The van der Waals surface area contributed by atoms with Gasteiger partial charge in [-0.3, -0.25) is 4.79 Å². The first-order valence-electron chi connectivity index (χ1n) is 6.88. The molecule has 2 saturated carbocycles. The van der Waals surface area contributed by atoms with E-state index < -0.39 is 11.6 Å². The lowest BCUT2D eigenvalue weighted by atomic mass is 9.85. The molecule has 2 fully saturated rings. The monoisotopic (exact) mass is 265 g/mol. The molecule has 0 radical (unpaired) electrons. The van der Waals surface area contributed by atoms with Gasteiger partial charge in [-0.05, 0) is 37.3 Å². The van der Waals surface area contributed by atoms with Crippen molar-refractivity contribution in [3.05, 3.63) is 35.4 Å². The molecule has 2 aliphatic carbocycles. The molecule has 1 aromatic rings. The smallest absolute Gasteiger partial charge is 0.223 e. The Kier molecular flexibility index (Phi) is 3.25. The van der Waals surface area contributed by atoms with Crippen molar-refractivity contribution in [2.75, 3.05) is 6.54 Å².